The van der Waals surface area contributed by atoms with Gasteiger partial charge in [-0.15, -0.1) is 0 Å². The van der Waals surface area contributed by atoms with Crippen molar-refractivity contribution in [3.05, 3.63) is 12.2 Å². The van der Waals surface area contributed by atoms with E-state index in [4.69, 9.17) is 10.8 Å². The average molecular weight is 254 g/mol. The number of carbonyl (C=O) groups is 2. The number of carboxylic acids is 1. The summed E-state index contributed by atoms with van der Waals surface area (Å²) >= 11 is 0. The zero-order valence-electron chi connectivity index (χ0n) is 10.6. The van der Waals surface area contributed by atoms with Gasteiger partial charge in [0.25, 0.3) is 0 Å². The lowest BCUT2D eigenvalue weighted by atomic mass is 9.90. The van der Waals surface area contributed by atoms with Crippen molar-refractivity contribution < 1.29 is 14.7 Å². The molecule has 0 aromatic carbocycles. The molecular weight excluding hydrogens is 232 g/mol. The molecule has 0 saturated carbocycles. The van der Waals surface area contributed by atoms with Crippen LogP contribution in [-0.2, 0) is 9.59 Å². The number of unbranched alkanes of at least 4 members (excludes halogenated alkanes) is 1. The zero-order chi connectivity index (χ0) is 13.4. The smallest absolute Gasteiger partial charge is 0.320 e. The third kappa shape index (κ3) is 5.82. The van der Waals surface area contributed by atoms with E-state index in [0.29, 0.717) is 25.3 Å². The van der Waals surface area contributed by atoms with E-state index in [1.165, 1.54) is 0 Å². The van der Waals surface area contributed by atoms with Crippen molar-refractivity contribution in [2.24, 2.45) is 11.7 Å². The van der Waals surface area contributed by atoms with Crippen LogP contribution in [0.25, 0.3) is 0 Å². The predicted molar refractivity (Wildman–Crippen MR) is 69.0 cm³/mol. The second kappa shape index (κ2) is 7.87. The second-order valence-corrected chi connectivity index (χ2v) is 4.75. The maximum Gasteiger partial charge on any atom is 0.320 e. The van der Waals surface area contributed by atoms with E-state index in [0.717, 1.165) is 25.7 Å². The minimum atomic E-state index is -0.965. The second-order valence-electron chi connectivity index (χ2n) is 4.75. The van der Waals surface area contributed by atoms with Gasteiger partial charge in [-0.2, -0.15) is 0 Å². The largest absolute Gasteiger partial charge is 0.480 e. The molecule has 0 spiro atoms. The number of amides is 1. The Labute approximate surface area is 107 Å². The quantitative estimate of drug-likeness (QED) is 0.423. The molecule has 1 amide bonds. The fraction of sp³-hybridized carbons (Fsp3) is 0.692. The number of carbonyl (C=O) groups excluding carboxylic acids is 1. The van der Waals surface area contributed by atoms with E-state index in [-0.39, 0.29) is 5.91 Å². The van der Waals surface area contributed by atoms with Gasteiger partial charge in [0.1, 0.15) is 6.04 Å². The molecule has 1 aliphatic carbocycles. The van der Waals surface area contributed by atoms with Crippen molar-refractivity contribution in [1.29, 1.82) is 0 Å². The summed E-state index contributed by atoms with van der Waals surface area (Å²) in [6, 6.07) is -0.786. The number of hydrogen-bond donors (Lipinski definition) is 3. The summed E-state index contributed by atoms with van der Waals surface area (Å²) in [5, 5.41) is 11.4. The van der Waals surface area contributed by atoms with Gasteiger partial charge in [-0.1, -0.05) is 12.2 Å². The number of aliphatic carboxylic acids is 1. The number of hydrogen-bond acceptors (Lipinski definition) is 3. The highest BCUT2D eigenvalue weighted by atomic mass is 16.4. The van der Waals surface area contributed by atoms with Crippen LogP contribution in [0.5, 0.6) is 0 Å². The van der Waals surface area contributed by atoms with E-state index in [1.807, 2.05) is 0 Å². The Balaban J connectivity index is 1.91. The monoisotopic (exact) mass is 254 g/mol. The van der Waals surface area contributed by atoms with Gasteiger partial charge in [0.05, 0.1) is 0 Å². The first-order chi connectivity index (χ1) is 8.59. The lowest BCUT2D eigenvalue weighted by Gasteiger charge is -2.16. The van der Waals surface area contributed by atoms with Crippen molar-refractivity contribution in [2.75, 3.05) is 6.54 Å². The van der Waals surface area contributed by atoms with Gasteiger partial charge in [0, 0.05) is 13.0 Å². The summed E-state index contributed by atoms with van der Waals surface area (Å²) in [4.78, 5) is 21.9. The Kier molecular flexibility index (Phi) is 6.43. The van der Waals surface area contributed by atoms with Crippen LogP contribution in [0.15, 0.2) is 12.2 Å². The van der Waals surface area contributed by atoms with E-state index < -0.39 is 12.0 Å². The van der Waals surface area contributed by atoms with E-state index in [2.05, 4.69) is 17.5 Å². The van der Waals surface area contributed by atoms with Crippen LogP contribution in [0, 0.1) is 5.92 Å². The molecule has 0 aromatic rings. The van der Waals surface area contributed by atoms with Crippen molar-refractivity contribution >= 4 is 11.9 Å². The Hall–Kier alpha value is -1.36. The molecule has 0 bridgehead atoms. The Bertz CT molecular complexity index is 315. The maximum atomic E-state index is 11.4. The number of carboxylic acid groups (broad SMARTS) is 1. The van der Waals surface area contributed by atoms with Crippen LogP contribution < -0.4 is 11.1 Å². The minimum absolute atomic E-state index is 0.0813. The lowest BCUT2D eigenvalue weighted by molar-refractivity contribution is -0.138. The molecule has 0 radical (unpaired) electrons. The number of nitrogens with one attached hydrogen (secondary N) is 1. The molecule has 1 rings (SSSR count). The molecule has 0 aliphatic heterocycles. The van der Waals surface area contributed by atoms with Crippen LogP contribution >= 0.6 is 0 Å². The summed E-state index contributed by atoms with van der Waals surface area (Å²) < 4.78 is 0. The van der Waals surface area contributed by atoms with Crippen LogP contribution in [0.4, 0.5) is 0 Å². The summed E-state index contributed by atoms with van der Waals surface area (Å²) in [6.07, 6.45) is 8.80. The highest BCUT2D eigenvalue weighted by Gasteiger charge is 2.12. The molecule has 0 fully saturated rings. The van der Waals surface area contributed by atoms with Gasteiger partial charge in [-0.25, -0.2) is 0 Å². The van der Waals surface area contributed by atoms with Crippen molar-refractivity contribution in [3.8, 4) is 0 Å². The molecule has 5 nitrogen and oxygen atoms in total. The van der Waals surface area contributed by atoms with Crippen LogP contribution in [0.1, 0.15) is 38.5 Å². The van der Waals surface area contributed by atoms with Gasteiger partial charge < -0.3 is 16.2 Å². The molecule has 102 valence electrons. The fourth-order valence-electron chi connectivity index (χ4n) is 1.79. The van der Waals surface area contributed by atoms with Crippen molar-refractivity contribution in [2.45, 2.75) is 44.6 Å². The summed E-state index contributed by atoms with van der Waals surface area (Å²) in [7, 11) is 0. The van der Waals surface area contributed by atoms with E-state index in [1.54, 1.807) is 0 Å². The SMILES string of the molecule is N[C@@H](CCCCNC(=O)CCC1C=CC1)C(=O)O. The summed E-state index contributed by atoms with van der Waals surface area (Å²) in [6.45, 7) is 0.603. The third-order valence-corrected chi connectivity index (χ3v) is 3.17. The molecule has 0 saturated heterocycles. The predicted octanol–water partition coefficient (Wildman–Crippen LogP) is 1.04. The highest BCUT2D eigenvalue weighted by molar-refractivity contribution is 5.75. The first-order valence-electron chi connectivity index (χ1n) is 6.51. The van der Waals surface area contributed by atoms with Gasteiger partial charge in [0.15, 0.2) is 0 Å². The highest BCUT2D eigenvalue weighted by Crippen LogP contribution is 2.21. The van der Waals surface area contributed by atoms with E-state index in [9.17, 15) is 9.59 Å². The molecular formula is C13H22N2O3. The van der Waals surface area contributed by atoms with Crippen LogP contribution in [0.2, 0.25) is 0 Å². The summed E-state index contributed by atoms with van der Waals surface area (Å²) in [5.74, 6) is -0.297. The lowest BCUT2D eigenvalue weighted by Crippen LogP contribution is -2.30. The molecule has 18 heavy (non-hydrogen) atoms. The van der Waals surface area contributed by atoms with Crippen LogP contribution in [-0.4, -0.2) is 29.6 Å². The Morgan fingerprint density at radius 1 is 1.44 bits per heavy atom. The molecule has 2 atom stereocenters. The molecule has 4 N–H and O–H groups in total. The molecule has 1 aliphatic rings. The number of rotatable bonds is 9. The first-order valence-corrected chi connectivity index (χ1v) is 6.51. The summed E-state index contributed by atoms with van der Waals surface area (Å²) in [5.41, 5.74) is 5.37. The van der Waals surface area contributed by atoms with Gasteiger partial charge in [0.2, 0.25) is 5.91 Å². The van der Waals surface area contributed by atoms with Gasteiger partial charge in [-0.05, 0) is 38.0 Å². The molecule has 0 aromatic heterocycles. The van der Waals surface area contributed by atoms with Gasteiger partial charge >= 0.3 is 5.97 Å². The topological polar surface area (TPSA) is 92.4 Å². The van der Waals surface area contributed by atoms with Crippen molar-refractivity contribution in [3.63, 3.8) is 0 Å². The molecule has 5 heteroatoms. The number of allylic oxidation sites excluding steroid dienone is 2. The average Bonchev–Trinajstić information content (AvgIpc) is 2.26. The maximum absolute atomic E-state index is 11.4. The number of nitrogens with two attached hydrogens (primary N) is 1. The third-order valence-electron chi connectivity index (χ3n) is 3.17. The Morgan fingerprint density at radius 2 is 2.17 bits per heavy atom. The first kappa shape index (κ1) is 14.7. The van der Waals surface area contributed by atoms with Gasteiger partial charge in [-0.3, -0.25) is 9.59 Å². The zero-order valence-corrected chi connectivity index (χ0v) is 10.6. The molecule has 0 heterocycles. The Morgan fingerprint density at radius 3 is 2.72 bits per heavy atom. The minimum Gasteiger partial charge on any atom is -0.480 e. The molecule has 1 unspecified atom stereocenters. The fourth-order valence-corrected chi connectivity index (χ4v) is 1.79. The van der Waals surface area contributed by atoms with Crippen LogP contribution in [0.3, 0.4) is 0 Å². The normalized spacial score (nSPS) is 19.1. The van der Waals surface area contributed by atoms with E-state index >= 15 is 0 Å². The van der Waals surface area contributed by atoms with Crippen molar-refractivity contribution in [1.82, 2.24) is 5.32 Å². The standard InChI is InChI=1S/C13H22N2O3/c14-11(13(17)18)6-1-2-9-15-12(16)8-7-10-4-3-5-10/h3-4,10-11H,1-2,5-9,14H2,(H,15,16)(H,17,18)/t10?,11-/m0/s1.